The summed E-state index contributed by atoms with van der Waals surface area (Å²) in [6.45, 7) is 1.77. The monoisotopic (exact) mass is 233 g/mol. The summed E-state index contributed by atoms with van der Waals surface area (Å²) in [5.41, 5.74) is 0.703. The van der Waals surface area contributed by atoms with Gasteiger partial charge in [-0.25, -0.2) is 4.98 Å². The predicted molar refractivity (Wildman–Crippen MR) is 57.6 cm³/mol. The number of carbonyl (C=O) groups excluding carboxylic acids is 1. The molecule has 0 bridgehead atoms. The molecule has 1 fully saturated rings. The lowest BCUT2D eigenvalue weighted by atomic mass is 10.4. The number of nitrogens with zero attached hydrogens (tertiary/aromatic N) is 3. The summed E-state index contributed by atoms with van der Waals surface area (Å²) in [6, 6.07) is 0.158. The summed E-state index contributed by atoms with van der Waals surface area (Å²) < 4.78 is 5.01. The molecule has 2 aromatic rings. The summed E-state index contributed by atoms with van der Waals surface area (Å²) in [4.78, 5) is 19.8. The van der Waals surface area contributed by atoms with Crippen LogP contribution in [0.1, 0.15) is 40.9 Å². The molecule has 1 amide bonds. The zero-order chi connectivity index (χ0) is 11.8. The van der Waals surface area contributed by atoms with E-state index in [-0.39, 0.29) is 11.8 Å². The molecule has 1 aliphatic carbocycles. The number of amides is 1. The van der Waals surface area contributed by atoms with Crippen LogP contribution in [0.2, 0.25) is 0 Å². The van der Waals surface area contributed by atoms with Crippen molar-refractivity contribution in [1.29, 1.82) is 0 Å². The molecular weight excluding hydrogens is 222 g/mol. The van der Waals surface area contributed by atoms with Gasteiger partial charge in [-0.1, -0.05) is 0 Å². The van der Waals surface area contributed by atoms with E-state index in [1.54, 1.807) is 6.92 Å². The third kappa shape index (κ3) is 2.03. The summed E-state index contributed by atoms with van der Waals surface area (Å²) in [5.74, 6) is 0.907. The van der Waals surface area contributed by atoms with Gasteiger partial charge in [0.15, 0.2) is 0 Å². The lowest BCUT2D eigenvalue weighted by Gasteiger charge is -1.94. The van der Waals surface area contributed by atoms with Crippen molar-refractivity contribution in [3.8, 4) is 0 Å². The standard InChI is InChI=1S/C10H11N5O2/c1-5-4-17-10(11-5)13-9(16)8-12-7(14-15-8)6-2-3-6/h4,6H,2-3H2,1H3,(H,11,13,16)(H,12,14,15). The van der Waals surface area contributed by atoms with Gasteiger partial charge in [-0.3, -0.25) is 15.2 Å². The number of H-pyrrole nitrogens is 1. The number of aromatic amines is 1. The van der Waals surface area contributed by atoms with Crippen molar-refractivity contribution in [3.05, 3.63) is 23.6 Å². The minimum absolute atomic E-state index is 0.114. The molecule has 88 valence electrons. The normalized spacial score (nSPS) is 14.9. The first-order valence-electron chi connectivity index (χ1n) is 5.38. The Kier molecular flexibility index (Phi) is 2.17. The van der Waals surface area contributed by atoms with Crippen LogP contribution < -0.4 is 5.32 Å². The third-order valence-electron chi connectivity index (χ3n) is 2.51. The van der Waals surface area contributed by atoms with E-state index in [9.17, 15) is 4.79 Å². The molecule has 0 saturated heterocycles. The molecule has 7 nitrogen and oxygen atoms in total. The first-order valence-corrected chi connectivity index (χ1v) is 5.38. The number of carbonyl (C=O) groups is 1. The maximum absolute atomic E-state index is 11.7. The average molecular weight is 233 g/mol. The molecule has 17 heavy (non-hydrogen) atoms. The van der Waals surface area contributed by atoms with Crippen LogP contribution in [0, 0.1) is 6.92 Å². The van der Waals surface area contributed by atoms with Crippen LogP contribution in [0.3, 0.4) is 0 Å². The number of nitrogens with one attached hydrogen (secondary N) is 2. The first-order chi connectivity index (χ1) is 8.22. The fraction of sp³-hybridized carbons (Fsp3) is 0.400. The Balaban J connectivity index is 1.72. The molecule has 2 N–H and O–H groups in total. The van der Waals surface area contributed by atoms with Gasteiger partial charge in [0, 0.05) is 5.92 Å². The Morgan fingerprint density at radius 2 is 2.35 bits per heavy atom. The highest BCUT2D eigenvalue weighted by Crippen LogP contribution is 2.37. The molecule has 2 heterocycles. The van der Waals surface area contributed by atoms with Crippen LogP contribution in [0.4, 0.5) is 6.01 Å². The van der Waals surface area contributed by atoms with Gasteiger partial charge in [0.1, 0.15) is 12.1 Å². The van der Waals surface area contributed by atoms with Crippen LogP contribution >= 0.6 is 0 Å². The Bertz CT molecular complexity index is 555. The van der Waals surface area contributed by atoms with Crippen LogP contribution in [0.25, 0.3) is 0 Å². The van der Waals surface area contributed by atoms with E-state index in [4.69, 9.17) is 4.42 Å². The number of aromatic nitrogens is 4. The molecule has 0 radical (unpaired) electrons. The van der Waals surface area contributed by atoms with E-state index < -0.39 is 5.91 Å². The van der Waals surface area contributed by atoms with Crippen molar-refractivity contribution < 1.29 is 9.21 Å². The van der Waals surface area contributed by atoms with Gasteiger partial charge in [-0.15, -0.1) is 5.10 Å². The maximum Gasteiger partial charge on any atom is 0.301 e. The third-order valence-corrected chi connectivity index (χ3v) is 2.51. The number of aryl methyl sites for hydroxylation is 1. The summed E-state index contributed by atoms with van der Waals surface area (Å²) in [6.07, 6.45) is 3.67. The minimum atomic E-state index is -0.421. The molecule has 0 aromatic carbocycles. The fourth-order valence-electron chi connectivity index (χ4n) is 1.48. The zero-order valence-corrected chi connectivity index (χ0v) is 9.23. The van der Waals surface area contributed by atoms with Crippen molar-refractivity contribution in [2.24, 2.45) is 0 Å². The van der Waals surface area contributed by atoms with Gasteiger partial charge in [0.25, 0.3) is 5.91 Å². The van der Waals surface area contributed by atoms with Crippen LogP contribution in [-0.4, -0.2) is 26.1 Å². The fourth-order valence-corrected chi connectivity index (χ4v) is 1.48. The van der Waals surface area contributed by atoms with E-state index in [0.29, 0.717) is 11.6 Å². The van der Waals surface area contributed by atoms with E-state index in [2.05, 4.69) is 25.5 Å². The van der Waals surface area contributed by atoms with Crippen molar-refractivity contribution in [2.45, 2.75) is 25.7 Å². The second-order valence-corrected chi connectivity index (χ2v) is 4.07. The Labute approximate surface area is 96.6 Å². The maximum atomic E-state index is 11.7. The molecule has 2 aromatic heterocycles. The smallest absolute Gasteiger partial charge is 0.301 e. The SMILES string of the molecule is Cc1coc(NC(=O)c2n[nH]c(C3CC3)n2)n1. The summed E-state index contributed by atoms with van der Waals surface area (Å²) in [5, 5.41) is 9.12. The van der Waals surface area contributed by atoms with Gasteiger partial charge in [-0.05, 0) is 19.8 Å². The summed E-state index contributed by atoms with van der Waals surface area (Å²) in [7, 11) is 0. The van der Waals surface area contributed by atoms with Gasteiger partial charge in [0.2, 0.25) is 5.82 Å². The number of anilines is 1. The number of rotatable bonds is 3. The number of oxazole rings is 1. The molecule has 0 spiro atoms. The molecule has 3 rings (SSSR count). The molecule has 0 atom stereocenters. The second-order valence-electron chi connectivity index (χ2n) is 4.07. The van der Waals surface area contributed by atoms with E-state index in [1.165, 1.54) is 6.26 Å². The molecular formula is C10H11N5O2. The molecule has 1 aliphatic rings. The van der Waals surface area contributed by atoms with Gasteiger partial charge in [0.05, 0.1) is 5.69 Å². The topological polar surface area (TPSA) is 96.7 Å². The Morgan fingerprint density at radius 3 is 3.00 bits per heavy atom. The van der Waals surface area contributed by atoms with Crippen molar-refractivity contribution >= 4 is 11.9 Å². The first kappa shape index (κ1) is 10.0. The molecule has 0 aliphatic heterocycles. The number of hydrogen-bond acceptors (Lipinski definition) is 5. The van der Waals surface area contributed by atoms with Gasteiger partial charge in [-0.2, -0.15) is 4.98 Å². The van der Waals surface area contributed by atoms with Gasteiger partial charge >= 0.3 is 6.01 Å². The van der Waals surface area contributed by atoms with Crippen molar-refractivity contribution in [3.63, 3.8) is 0 Å². The quantitative estimate of drug-likeness (QED) is 0.831. The Morgan fingerprint density at radius 1 is 1.53 bits per heavy atom. The lowest BCUT2D eigenvalue weighted by molar-refractivity contribution is 0.101. The highest BCUT2D eigenvalue weighted by molar-refractivity contribution is 6.00. The predicted octanol–water partition coefficient (Wildman–Crippen LogP) is 1.23. The van der Waals surface area contributed by atoms with Crippen LogP contribution in [-0.2, 0) is 0 Å². The average Bonchev–Trinajstić information content (AvgIpc) is 2.88. The molecule has 0 unspecified atom stereocenters. The second kappa shape index (κ2) is 3.69. The highest BCUT2D eigenvalue weighted by atomic mass is 16.4. The van der Waals surface area contributed by atoms with E-state index in [0.717, 1.165) is 18.7 Å². The highest BCUT2D eigenvalue weighted by Gasteiger charge is 2.28. The Hall–Kier alpha value is -2.18. The van der Waals surface area contributed by atoms with E-state index in [1.807, 2.05) is 0 Å². The molecule has 1 saturated carbocycles. The van der Waals surface area contributed by atoms with Crippen LogP contribution in [0.5, 0.6) is 0 Å². The summed E-state index contributed by atoms with van der Waals surface area (Å²) >= 11 is 0. The van der Waals surface area contributed by atoms with Crippen LogP contribution in [0.15, 0.2) is 10.7 Å². The van der Waals surface area contributed by atoms with Crippen molar-refractivity contribution in [1.82, 2.24) is 20.2 Å². The number of hydrogen-bond donors (Lipinski definition) is 2. The molecule has 7 heteroatoms. The lowest BCUT2D eigenvalue weighted by Crippen LogP contribution is -2.14. The largest absolute Gasteiger partial charge is 0.432 e. The minimum Gasteiger partial charge on any atom is -0.432 e. The zero-order valence-electron chi connectivity index (χ0n) is 9.23. The van der Waals surface area contributed by atoms with E-state index >= 15 is 0 Å². The van der Waals surface area contributed by atoms with Gasteiger partial charge < -0.3 is 4.42 Å². The van der Waals surface area contributed by atoms with Crippen molar-refractivity contribution in [2.75, 3.05) is 5.32 Å².